The van der Waals surface area contributed by atoms with Crippen LogP contribution in [0.15, 0.2) is 60.2 Å². The number of phenolic OH excluding ortho intramolecular Hbond substituents is 1. The summed E-state index contributed by atoms with van der Waals surface area (Å²) in [4.78, 5) is 52.9. The molecular formula is C29H26Cl2N2O6. The molecule has 0 unspecified atom stereocenters. The Morgan fingerprint density at radius 3 is 2.38 bits per heavy atom. The Morgan fingerprint density at radius 1 is 1.00 bits per heavy atom. The zero-order valence-electron chi connectivity index (χ0n) is 21.3. The number of alkyl halides is 2. The van der Waals surface area contributed by atoms with Crippen molar-refractivity contribution >= 4 is 46.8 Å². The van der Waals surface area contributed by atoms with E-state index in [-0.39, 0.29) is 42.7 Å². The standard InChI is InChI=1S/C29H26Cl2N2O6/c1-32-26(37)28(30)13-19-17(23(29(28,31)27(32)38)16-8-11-21(39-2)20(34)12-16)9-10-18-22(19)25(36)33(24(18)35)14-15-6-4-3-5-7-15/h3-9,11-12,18-19,22-23,34H,10,13-14H2,1-2H3/t18-,19+,22-,23-,28+,29-/m0/s1. The number of benzene rings is 2. The average molecular weight is 569 g/mol. The highest BCUT2D eigenvalue weighted by Gasteiger charge is 2.75. The van der Waals surface area contributed by atoms with E-state index in [0.29, 0.717) is 11.1 Å². The van der Waals surface area contributed by atoms with E-state index in [1.165, 1.54) is 25.1 Å². The van der Waals surface area contributed by atoms with Crippen molar-refractivity contribution in [1.29, 1.82) is 0 Å². The molecule has 2 aliphatic heterocycles. The number of methoxy groups -OCH3 is 1. The number of aromatic hydroxyl groups is 1. The molecular weight excluding hydrogens is 543 g/mol. The summed E-state index contributed by atoms with van der Waals surface area (Å²) in [6.07, 6.45) is 2.08. The molecule has 6 rings (SSSR count). The van der Waals surface area contributed by atoms with Crippen LogP contribution >= 0.6 is 23.2 Å². The van der Waals surface area contributed by atoms with E-state index in [9.17, 15) is 24.3 Å². The Hall–Kier alpha value is -3.36. The smallest absolute Gasteiger partial charge is 0.253 e. The highest BCUT2D eigenvalue weighted by atomic mass is 35.5. The van der Waals surface area contributed by atoms with E-state index in [1.807, 2.05) is 36.4 Å². The van der Waals surface area contributed by atoms with Gasteiger partial charge in [-0.1, -0.05) is 48.0 Å². The van der Waals surface area contributed by atoms with Gasteiger partial charge in [0.15, 0.2) is 21.2 Å². The van der Waals surface area contributed by atoms with Crippen LogP contribution in [-0.2, 0) is 25.7 Å². The van der Waals surface area contributed by atoms with Crippen LogP contribution in [0.25, 0.3) is 0 Å². The Labute approximate surface area is 235 Å². The van der Waals surface area contributed by atoms with E-state index in [2.05, 4.69) is 0 Å². The molecule has 1 N–H and O–H groups in total. The monoisotopic (exact) mass is 568 g/mol. The first-order valence-electron chi connectivity index (χ1n) is 12.7. The van der Waals surface area contributed by atoms with Crippen molar-refractivity contribution in [3.8, 4) is 11.5 Å². The molecule has 8 nitrogen and oxygen atoms in total. The number of phenols is 1. The summed E-state index contributed by atoms with van der Waals surface area (Å²) in [5, 5.41) is 10.6. The summed E-state index contributed by atoms with van der Waals surface area (Å²) in [7, 11) is 2.76. The minimum atomic E-state index is -1.90. The Kier molecular flexibility index (Phi) is 5.86. The normalized spacial score (nSPS) is 33.6. The minimum absolute atomic E-state index is 0.0726. The van der Waals surface area contributed by atoms with Crippen LogP contribution in [0.3, 0.4) is 0 Å². The molecule has 4 amide bonds. The molecule has 2 heterocycles. The maximum Gasteiger partial charge on any atom is 0.253 e. The van der Waals surface area contributed by atoms with Crippen LogP contribution in [0.5, 0.6) is 11.5 Å². The number of carbonyl (C=O) groups excluding carboxylic acids is 4. The van der Waals surface area contributed by atoms with Crippen LogP contribution in [0.1, 0.15) is 29.9 Å². The van der Waals surface area contributed by atoms with Crippen LogP contribution in [0, 0.1) is 17.8 Å². The molecule has 2 saturated heterocycles. The van der Waals surface area contributed by atoms with E-state index in [0.717, 1.165) is 10.5 Å². The number of fused-ring (bicyclic) bond motifs is 4. The van der Waals surface area contributed by atoms with Crippen LogP contribution in [0.2, 0.25) is 0 Å². The van der Waals surface area contributed by atoms with Gasteiger partial charge in [0, 0.05) is 13.0 Å². The molecule has 2 aromatic rings. The molecule has 0 spiro atoms. The van der Waals surface area contributed by atoms with Crippen molar-refractivity contribution in [3.05, 3.63) is 71.3 Å². The second-order valence-electron chi connectivity index (χ2n) is 10.7. The van der Waals surface area contributed by atoms with E-state index >= 15 is 0 Å². The number of ether oxygens (including phenoxy) is 1. The number of hydrogen-bond acceptors (Lipinski definition) is 6. The quantitative estimate of drug-likeness (QED) is 0.343. The summed E-state index contributed by atoms with van der Waals surface area (Å²) >= 11 is 14.3. The van der Waals surface area contributed by atoms with Gasteiger partial charge in [-0.3, -0.25) is 29.0 Å². The Balaban J connectivity index is 1.48. The molecule has 1 saturated carbocycles. The summed E-state index contributed by atoms with van der Waals surface area (Å²) < 4.78 is 5.18. The predicted molar refractivity (Wildman–Crippen MR) is 142 cm³/mol. The van der Waals surface area contributed by atoms with E-state index in [4.69, 9.17) is 27.9 Å². The van der Waals surface area contributed by atoms with Gasteiger partial charge in [-0.25, -0.2) is 0 Å². The van der Waals surface area contributed by atoms with Gasteiger partial charge >= 0.3 is 0 Å². The lowest BCUT2D eigenvalue weighted by molar-refractivity contribution is -0.141. The summed E-state index contributed by atoms with van der Waals surface area (Å²) in [5.74, 6) is -4.72. The number of imide groups is 2. The molecule has 2 aromatic carbocycles. The Morgan fingerprint density at radius 2 is 1.72 bits per heavy atom. The van der Waals surface area contributed by atoms with Crippen LogP contribution < -0.4 is 4.74 Å². The van der Waals surface area contributed by atoms with Gasteiger partial charge in [0.2, 0.25) is 11.8 Å². The predicted octanol–water partition coefficient (Wildman–Crippen LogP) is 3.59. The van der Waals surface area contributed by atoms with Crippen molar-refractivity contribution in [2.45, 2.75) is 35.1 Å². The fourth-order valence-electron chi connectivity index (χ4n) is 6.99. The van der Waals surface area contributed by atoms with Crippen molar-refractivity contribution in [3.63, 3.8) is 0 Å². The molecule has 2 aliphatic carbocycles. The van der Waals surface area contributed by atoms with E-state index in [1.54, 1.807) is 12.1 Å². The maximum atomic E-state index is 13.9. The van der Waals surface area contributed by atoms with Crippen molar-refractivity contribution in [1.82, 2.24) is 9.80 Å². The molecule has 0 radical (unpaired) electrons. The summed E-state index contributed by atoms with van der Waals surface area (Å²) in [6.45, 7) is 0.148. The number of likely N-dealkylation sites (tertiary alicyclic amines) is 2. The highest BCUT2D eigenvalue weighted by Crippen LogP contribution is 2.65. The number of halogens is 2. The first-order chi connectivity index (χ1) is 18.5. The second-order valence-corrected chi connectivity index (χ2v) is 11.9. The first-order valence-corrected chi connectivity index (χ1v) is 13.5. The first kappa shape index (κ1) is 25.9. The number of amides is 4. The maximum absolute atomic E-state index is 13.9. The van der Waals surface area contributed by atoms with Gasteiger partial charge in [0.1, 0.15) is 0 Å². The average Bonchev–Trinajstić information content (AvgIpc) is 3.24. The van der Waals surface area contributed by atoms with Crippen LogP contribution in [0.4, 0.5) is 0 Å². The third-order valence-corrected chi connectivity index (χ3v) is 10.2. The van der Waals surface area contributed by atoms with Gasteiger partial charge < -0.3 is 9.84 Å². The van der Waals surface area contributed by atoms with Crippen molar-refractivity contribution in [2.24, 2.45) is 17.8 Å². The van der Waals surface area contributed by atoms with Crippen molar-refractivity contribution < 1.29 is 29.0 Å². The molecule has 6 atom stereocenters. The minimum Gasteiger partial charge on any atom is -0.504 e. The summed E-state index contributed by atoms with van der Waals surface area (Å²) in [5.41, 5.74) is 1.95. The number of carbonyl (C=O) groups is 4. The largest absolute Gasteiger partial charge is 0.504 e. The number of nitrogens with zero attached hydrogens (tertiary/aromatic N) is 2. The molecule has 202 valence electrons. The zero-order chi connectivity index (χ0) is 27.9. The third kappa shape index (κ3) is 3.37. The zero-order valence-corrected chi connectivity index (χ0v) is 22.8. The lowest BCUT2D eigenvalue weighted by Crippen LogP contribution is -2.60. The highest BCUT2D eigenvalue weighted by molar-refractivity contribution is 6.53. The lowest BCUT2D eigenvalue weighted by atomic mass is 9.56. The van der Waals surface area contributed by atoms with Gasteiger partial charge in [-0.2, -0.15) is 0 Å². The van der Waals surface area contributed by atoms with Gasteiger partial charge in [-0.15, -0.1) is 23.2 Å². The third-order valence-electron chi connectivity index (χ3n) is 8.83. The van der Waals surface area contributed by atoms with Crippen molar-refractivity contribution in [2.75, 3.05) is 14.2 Å². The van der Waals surface area contributed by atoms with Gasteiger partial charge in [-0.05, 0) is 42.0 Å². The fraction of sp³-hybridized carbons (Fsp3) is 0.379. The second kappa shape index (κ2) is 8.83. The molecule has 39 heavy (non-hydrogen) atoms. The lowest BCUT2D eigenvalue weighted by Gasteiger charge is -2.50. The molecule has 3 fully saturated rings. The van der Waals surface area contributed by atoms with E-state index < -0.39 is 45.2 Å². The topological polar surface area (TPSA) is 104 Å². The summed E-state index contributed by atoms with van der Waals surface area (Å²) in [6, 6.07) is 13.9. The van der Waals surface area contributed by atoms with Gasteiger partial charge in [0.05, 0.1) is 25.5 Å². The molecule has 10 heteroatoms. The molecule has 0 bridgehead atoms. The fourth-order valence-corrected chi connectivity index (χ4v) is 8.01. The number of rotatable bonds is 4. The number of hydrogen-bond donors (Lipinski definition) is 1. The van der Waals surface area contributed by atoms with Gasteiger partial charge in [0.25, 0.3) is 11.8 Å². The SMILES string of the molecule is COc1ccc([C@H]2C3=CC[C@@H]4C(=O)N(Cc5ccccc5)C(=O)[C@@H]4[C@@H]3C[C@@]3(Cl)C(=O)N(C)C(=O)[C@@]23Cl)cc1O. The Bertz CT molecular complexity index is 1460. The molecule has 0 aromatic heterocycles. The number of allylic oxidation sites excluding steroid dienone is 2. The van der Waals surface area contributed by atoms with Crippen LogP contribution in [-0.4, -0.2) is 62.4 Å². The molecule has 4 aliphatic rings.